The number of anilines is 3. The lowest BCUT2D eigenvalue weighted by molar-refractivity contribution is -0.119. The smallest absolute Gasteiger partial charge is 0.342 e. The average molecular weight is 432 g/mol. The van der Waals surface area contributed by atoms with Gasteiger partial charge in [0, 0.05) is 26.2 Å². The van der Waals surface area contributed by atoms with Gasteiger partial charge in [-0.3, -0.25) is 24.4 Å². The lowest BCUT2D eigenvalue weighted by Gasteiger charge is -2.35. The molecular formula is C23H24N6O3. The molecule has 0 unspecified atom stereocenters. The number of aromatic nitrogens is 3. The maximum atomic E-state index is 13.6. The SMILES string of the molecule is O=C(CN1CCN(c2n[nH]c(=O)[nH]c2=O)CC1)N1c2ccccc2CCc2ccccc21. The van der Waals surface area contributed by atoms with Crippen molar-refractivity contribution in [3.05, 3.63) is 80.5 Å². The van der Waals surface area contributed by atoms with E-state index in [0.717, 1.165) is 24.2 Å². The summed E-state index contributed by atoms with van der Waals surface area (Å²) < 4.78 is 0. The molecule has 3 aromatic rings. The number of carbonyl (C=O) groups is 1. The van der Waals surface area contributed by atoms with Gasteiger partial charge in [-0.25, -0.2) is 9.89 Å². The van der Waals surface area contributed by atoms with Crippen molar-refractivity contribution in [3.8, 4) is 0 Å². The van der Waals surface area contributed by atoms with Crippen LogP contribution in [0, 0.1) is 0 Å². The van der Waals surface area contributed by atoms with Gasteiger partial charge in [-0.15, -0.1) is 5.10 Å². The van der Waals surface area contributed by atoms with E-state index in [0.29, 0.717) is 26.2 Å². The molecule has 32 heavy (non-hydrogen) atoms. The van der Waals surface area contributed by atoms with Crippen LogP contribution >= 0.6 is 0 Å². The Hall–Kier alpha value is -3.72. The molecule has 0 atom stereocenters. The van der Waals surface area contributed by atoms with E-state index in [4.69, 9.17) is 0 Å². The second kappa shape index (κ2) is 8.43. The number of hydrogen-bond donors (Lipinski definition) is 2. The first-order valence-corrected chi connectivity index (χ1v) is 10.8. The Morgan fingerprint density at radius 2 is 1.47 bits per heavy atom. The third kappa shape index (κ3) is 3.82. The Morgan fingerprint density at radius 1 is 0.875 bits per heavy atom. The molecule has 9 nitrogen and oxygen atoms in total. The molecule has 0 saturated carbocycles. The van der Waals surface area contributed by atoms with Gasteiger partial charge in [0.25, 0.3) is 5.56 Å². The number of amides is 1. The number of piperazine rings is 1. The highest BCUT2D eigenvalue weighted by Gasteiger charge is 2.28. The summed E-state index contributed by atoms with van der Waals surface area (Å²) in [5.74, 6) is 0.228. The van der Waals surface area contributed by atoms with Gasteiger partial charge in [0.2, 0.25) is 11.7 Å². The van der Waals surface area contributed by atoms with Crippen LogP contribution < -0.4 is 21.0 Å². The number of nitrogens with one attached hydrogen (secondary N) is 2. The van der Waals surface area contributed by atoms with Crippen LogP contribution in [0.15, 0.2) is 58.1 Å². The number of H-pyrrole nitrogens is 2. The molecule has 3 heterocycles. The van der Waals surface area contributed by atoms with Crippen molar-refractivity contribution in [1.29, 1.82) is 0 Å². The summed E-state index contributed by atoms with van der Waals surface area (Å²) in [4.78, 5) is 44.8. The third-order valence-electron chi connectivity index (χ3n) is 6.10. The van der Waals surface area contributed by atoms with Crippen LogP contribution in [0.2, 0.25) is 0 Å². The summed E-state index contributed by atoms with van der Waals surface area (Å²) in [6.07, 6.45) is 1.80. The zero-order valence-corrected chi connectivity index (χ0v) is 17.6. The van der Waals surface area contributed by atoms with Crippen molar-refractivity contribution in [2.24, 2.45) is 0 Å². The summed E-state index contributed by atoms with van der Waals surface area (Å²) in [7, 11) is 0. The quantitative estimate of drug-likeness (QED) is 0.641. The number of rotatable bonds is 3. The van der Waals surface area contributed by atoms with E-state index in [-0.39, 0.29) is 18.3 Å². The van der Waals surface area contributed by atoms with Crippen LogP contribution in [-0.4, -0.2) is 58.7 Å². The maximum absolute atomic E-state index is 13.6. The lowest BCUT2D eigenvalue weighted by atomic mass is 10.0. The highest BCUT2D eigenvalue weighted by molar-refractivity contribution is 6.03. The van der Waals surface area contributed by atoms with E-state index in [1.807, 2.05) is 46.2 Å². The van der Waals surface area contributed by atoms with E-state index in [9.17, 15) is 14.4 Å². The lowest BCUT2D eigenvalue weighted by Crippen LogP contribution is -2.51. The number of carbonyl (C=O) groups excluding carboxylic acids is 1. The van der Waals surface area contributed by atoms with E-state index >= 15 is 0 Å². The largest absolute Gasteiger partial charge is 0.348 e. The molecule has 2 aliphatic rings. The first-order valence-electron chi connectivity index (χ1n) is 10.8. The molecule has 1 aromatic heterocycles. The number of nitrogens with zero attached hydrogens (tertiary/aromatic N) is 4. The number of hydrogen-bond acceptors (Lipinski definition) is 6. The molecule has 2 N–H and O–H groups in total. The summed E-state index contributed by atoms with van der Waals surface area (Å²) >= 11 is 0. The van der Waals surface area contributed by atoms with Crippen LogP contribution in [0.5, 0.6) is 0 Å². The number of benzene rings is 2. The second-order valence-corrected chi connectivity index (χ2v) is 8.08. The van der Waals surface area contributed by atoms with Gasteiger partial charge < -0.3 is 4.90 Å². The zero-order valence-electron chi connectivity index (χ0n) is 17.6. The van der Waals surface area contributed by atoms with Crippen LogP contribution in [-0.2, 0) is 17.6 Å². The summed E-state index contributed by atoms with van der Waals surface area (Å²) in [5, 5.41) is 6.14. The molecule has 0 spiro atoms. The van der Waals surface area contributed by atoms with Crippen LogP contribution in [0.4, 0.5) is 17.2 Å². The Kier molecular flexibility index (Phi) is 5.32. The highest BCUT2D eigenvalue weighted by Crippen LogP contribution is 2.36. The van der Waals surface area contributed by atoms with Gasteiger partial charge >= 0.3 is 5.69 Å². The molecule has 9 heteroatoms. The van der Waals surface area contributed by atoms with Crippen molar-refractivity contribution in [1.82, 2.24) is 20.1 Å². The normalized spacial score (nSPS) is 16.2. The van der Waals surface area contributed by atoms with Gasteiger partial charge in [0.15, 0.2) is 0 Å². The van der Waals surface area contributed by atoms with Crippen molar-refractivity contribution in [2.75, 3.05) is 42.5 Å². The summed E-state index contributed by atoms with van der Waals surface area (Å²) in [6.45, 7) is 2.60. The fourth-order valence-electron chi connectivity index (χ4n) is 4.48. The molecule has 5 rings (SSSR count). The monoisotopic (exact) mass is 432 g/mol. The summed E-state index contributed by atoms with van der Waals surface area (Å²) in [6, 6.07) is 16.2. The van der Waals surface area contributed by atoms with Crippen molar-refractivity contribution in [3.63, 3.8) is 0 Å². The fraction of sp³-hybridized carbons (Fsp3) is 0.304. The molecule has 1 fully saturated rings. The zero-order chi connectivity index (χ0) is 22.1. The summed E-state index contributed by atoms with van der Waals surface area (Å²) in [5.41, 5.74) is 3.11. The topological polar surface area (TPSA) is 105 Å². The minimum Gasteiger partial charge on any atom is -0.348 e. The number of aryl methyl sites for hydroxylation is 2. The fourth-order valence-corrected chi connectivity index (χ4v) is 4.48. The standard InChI is InChI=1S/C23H24N6O3/c30-20(15-27-11-13-28(14-12-27)21-22(31)24-23(32)26-25-21)29-18-7-3-1-5-16(18)9-10-17-6-2-4-8-19(17)29/h1-8H,9-15H2,(H2,24,26,31,32). The van der Waals surface area contributed by atoms with Crippen molar-refractivity contribution in [2.45, 2.75) is 12.8 Å². The van der Waals surface area contributed by atoms with Crippen LogP contribution in [0.1, 0.15) is 11.1 Å². The molecule has 0 bridgehead atoms. The van der Waals surface area contributed by atoms with E-state index < -0.39 is 11.2 Å². The number of fused-ring (bicyclic) bond motifs is 2. The predicted octanol–water partition coefficient (Wildman–Crippen LogP) is 1.04. The molecule has 1 amide bonds. The van der Waals surface area contributed by atoms with Crippen LogP contribution in [0.25, 0.3) is 0 Å². The molecule has 0 aliphatic carbocycles. The minimum absolute atomic E-state index is 0.0280. The molecule has 164 valence electrons. The molecule has 0 radical (unpaired) electrons. The Labute approximate surface area is 184 Å². The number of para-hydroxylation sites is 2. The second-order valence-electron chi connectivity index (χ2n) is 8.08. The average Bonchev–Trinajstić information content (AvgIpc) is 2.97. The van der Waals surface area contributed by atoms with Crippen LogP contribution in [0.3, 0.4) is 0 Å². The molecule has 2 aliphatic heterocycles. The van der Waals surface area contributed by atoms with E-state index in [1.165, 1.54) is 11.1 Å². The third-order valence-corrected chi connectivity index (χ3v) is 6.10. The maximum Gasteiger partial charge on any atom is 0.342 e. The van der Waals surface area contributed by atoms with Gasteiger partial charge in [-0.05, 0) is 36.1 Å². The van der Waals surface area contributed by atoms with E-state index in [1.54, 1.807) is 0 Å². The Bertz CT molecular complexity index is 1210. The molecule has 2 aromatic carbocycles. The van der Waals surface area contributed by atoms with Gasteiger partial charge in [-0.2, -0.15) is 0 Å². The van der Waals surface area contributed by atoms with Gasteiger partial charge in [0.1, 0.15) is 0 Å². The molecule has 1 saturated heterocycles. The predicted molar refractivity (Wildman–Crippen MR) is 122 cm³/mol. The molecular weight excluding hydrogens is 408 g/mol. The first kappa shape index (κ1) is 20.2. The minimum atomic E-state index is -0.624. The van der Waals surface area contributed by atoms with Gasteiger partial charge in [0.05, 0.1) is 17.9 Å². The van der Waals surface area contributed by atoms with Gasteiger partial charge in [-0.1, -0.05) is 36.4 Å². The highest BCUT2D eigenvalue weighted by atomic mass is 16.2. The van der Waals surface area contributed by atoms with Crippen molar-refractivity contribution >= 4 is 23.1 Å². The Balaban J connectivity index is 1.34. The number of aromatic amines is 2. The van der Waals surface area contributed by atoms with E-state index in [2.05, 4.69) is 32.2 Å². The van der Waals surface area contributed by atoms with Crippen molar-refractivity contribution < 1.29 is 4.79 Å². The Morgan fingerprint density at radius 3 is 2.06 bits per heavy atom. The first-order chi connectivity index (χ1) is 15.6.